The van der Waals surface area contributed by atoms with Crippen LogP contribution in [0.1, 0.15) is 32.5 Å². The van der Waals surface area contributed by atoms with Gasteiger partial charge in [0.2, 0.25) is 0 Å². The molecule has 7 nitrogen and oxygen atoms in total. The summed E-state index contributed by atoms with van der Waals surface area (Å²) in [7, 11) is 1.89. The highest BCUT2D eigenvalue weighted by molar-refractivity contribution is 5.86. The first-order valence-electron chi connectivity index (χ1n) is 8.04. The predicted molar refractivity (Wildman–Crippen MR) is 93.2 cm³/mol. The number of anilines is 1. The lowest BCUT2D eigenvalue weighted by atomic mass is 10.2. The highest BCUT2D eigenvalue weighted by Crippen LogP contribution is 2.22. The average molecular weight is 326 g/mol. The predicted octanol–water partition coefficient (Wildman–Crippen LogP) is 2.76. The molecule has 126 valence electrons. The largest absolute Gasteiger partial charge is 0.487 e. The summed E-state index contributed by atoms with van der Waals surface area (Å²) in [5.74, 6) is 2.59. The van der Waals surface area contributed by atoms with E-state index in [4.69, 9.17) is 4.74 Å². The Morgan fingerprint density at radius 1 is 1.21 bits per heavy atom. The molecule has 0 aromatic carbocycles. The number of aryl methyl sites for hydroxylation is 1. The van der Waals surface area contributed by atoms with Gasteiger partial charge in [0.1, 0.15) is 23.5 Å². The monoisotopic (exact) mass is 326 g/mol. The summed E-state index contributed by atoms with van der Waals surface area (Å²) in [6, 6.07) is 3.75. The van der Waals surface area contributed by atoms with Gasteiger partial charge in [-0.25, -0.2) is 9.97 Å². The summed E-state index contributed by atoms with van der Waals surface area (Å²) in [6.45, 7) is 6.78. The fourth-order valence-corrected chi connectivity index (χ4v) is 2.36. The molecule has 1 unspecified atom stereocenters. The van der Waals surface area contributed by atoms with E-state index in [1.54, 1.807) is 23.3 Å². The molecular weight excluding hydrogens is 304 g/mol. The molecule has 0 radical (unpaired) electrons. The summed E-state index contributed by atoms with van der Waals surface area (Å²) in [5, 5.41) is 8.57. The fourth-order valence-electron chi connectivity index (χ4n) is 2.36. The van der Waals surface area contributed by atoms with Crippen molar-refractivity contribution in [1.82, 2.24) is 24.7 Å². The van der Waals surface area contributed by atoms with Gasteiger partial charge in [-0.2, -0.15) is 5.10 Å². The number of rotatable bonds is 6. The Bertz CT molecular complexity index is 815. The molecule has 0 bridgehead atoms. The minimum atomic E-state index is -0.0293. The molecule has 7 heteroatoms. The van der Waals surface area contributed by atoms with Crippen LogP contribution < -0.4 is 10.1 Å². The van der Waals surface area contributed by atoms with E-state index >= 15 is 0 Å². The third kappa shape index (κ3) is 3.45. The van der Waals surface area contributed by atoms with Crippen molar-refractivity contribution in [3.63, 3.8) is 0 Å². The third-order valence-electron chi connectivity index (χ3n) is 3.65. The molecule has 3 rings (SSSR count). The van der Waals surface area contributed by atoms with Gasteiger partial charge in [-0.3, -0.25) is 9.67 Å². The van der Waals surface area contributed by atoms with Crippen molar-refractivity contribution in [1.29, 1.82) is 0 Å². The highest BCUT2D eigenvalue weighted by Gasteiger charge is 2.14. The number of hydrogen-bond donors (Lipinski definition) is 1. The van der Waals surface area contributed by atoms with E-state index in [1.165, 1.54) is 0 Å². The van der Waals surface area contributed by atoms with Crippen LogP contribution in [-0.4, -0.2) is 37.4 Å². The third-order valence-corrected chi connectivity index (χ3v) is 3.65. The smallest absolute Gasteiger partial charge is 0.163 e. The first kappa shape index (κ1) is 16.2. The molecular formula is C17H22N6O. The number of nitrogens with one attached hydrogen (secondary N) is 1. The first-order valence-corrected chi connectivity index (χ1v) is 8.04. The number of pyridine rings is 1. The van der Waals surface area contributed by atoms with Crippen molar-refractivity contribution in [2.45, 2.75) is 32.8 Å². The molecule has 24 heavy (non-hydrogen) atoms. The zero-order valence-corrected chi connectivity index (χ0v) is 14.4. The lowest BCUT2D eigenvalue weighted by Crippen LogP contribution is -2.23. The van der Waals surface area contributed by atoms with Crippen LogP contribution in [-0.2, 0) is 7.05 Å². The second-order valence-corrected chi connectivity index (χ2v) is 6.09. The maximum absolute atomic E-state index is 5.84. The Kier molecular flexibility index (Phi) is 4.59. The molecule has 3 heterocycles. The van der Waals surface area contributed by atoms with E-state index in [9.17, 15) is 0 Å². The fraction of sp³-hybridized carbons (Fsp3) is 0.412. The van der Waals surface area contributed by atoms with Crippen LogP contribution in [0.3, 0.4) is 0 Å². The second kappa shape index (κ2) is 6.82. The SMILES string of the molecule is CC(CNc1nc(C(C)C)nc2c1cnn2C)Oc1cccnc1. The lowest BCUT2D eigenvalue weighted by molar-refractivity contribution is 0.234. The molecule has 0 aliphatic carbocycles. The van der Waals surface area contributed by atoms with Crippen LogP contribution in [0.4, 0.5) is 5.82 Å². The molecule has 0 aliphatic rings. The molecule has 0 spiro atoms. The van der Waals surface area contributed by atoms with Gasteiger partial charge in [0.05, 0.1) is 24.3 Å². The average Bonchev–Trinajstić information content (AvgIpc) is 2.95. The Morgan fingerprint density at radius 3 is 2.75 bits per heavy atom. The number of aromatic nitrogens is 5. The lowest BCUT2D eigenvalue weighted by Gasteiger charge is -2.16. The van der Waals surface area contributed by atoms with Crippen LogP contribution in [0.2, 0.25) is 0 Å². The molecule has 0 amide bonds. The van der Waals surface area contributed by atoms with Crippen molar-refractivity contribution in [3.05, 3.63) is 36.5 Å². The van der Waals surface area contributed by atoms with Crippen LogP contribution in [0.5, 0.6) is 5.75 Å². The molecule has 3 aromatic rings. The zero-order chi connectivity index (χ0) is 17.1. The Balaban J connectivity index is 1.77. The van der Waals surface area contributed by atoms with Gasteiger partial charge in [0.25, 0.3) is 0 Å². The van der Waals surface area contributed by atoms with E-state index in [2.05, 4.69) is 39.2 Å². The minimum Gasteiger partial charge on any atom is -0.487 e. The van der Waals surface area contributed by atoms with E-state index in [0.717, 1.165) is 28.4 Å². The maximum atomic E-state index is 5.84. The molecule has 0 saturated carbocycles. The Hall–Kier alpha value is -2.70. The molecule has 1 atom stereocenters. The highest BCUT2D eigenvalue weighted by atomic mass is 16.5. The summed E-state index contributed by atoms with van der Waals surface area (Å²) >= 11 is 0. The summed E-state index contributed by atoms with van der Waals surface area (Å²) in [6.07, 6.45) is 5.19. The van der Waals surface area contributed by atoms with Crippen molar-refractivity contribution in [3.8, 4) is 5.75 Å². The van der Waals surface area contributed by atoms with Gasteiger partial charge in [0.15, 0.2) is 5.65 Å². The number of hydrogen-bond acceptors (Lipinski definition) is 6. The molecule has 0 saturated heterocycles. The van der Waals surface area contributed by atoms with Gasteiger partial charge in [-0.1, -0.05) is 13.8 Å². The Morgan fingerprint density at radius 2 is 2.04 bits per heavy atom. The van der Waals surface area contributed by atoms with Crippen molar-refractivity contribution in [2.24, 2.45) is 7.05 Å². The summed E-state index contributed by atoms with van der Waals surface area (Å²) in [4.78, 5) is 13.3. The summed E-state index contributed by atoms with van der Waals surface area (Å²) in [5.41, 5.74) is 0.831. The van der Waals surface area contributed by atoms with Gasteiger partial charge in [-0.05, 0) is 19.1 Å². The van der Waals surface area contributed by atoms with Crippen LogP contribution in [0.25, 0.3) is 11.0 Å². The molecule has 1 N–H and O–H groups in total. The van der Waals surface area contributed by atoms with Crippen molar-refractivity contribution in [2.75, 3.05) is 11.9 Å². The van der Waals surface area contributed by atoms with Gasteiger partial charge < -0.3 is 10.1 Å². The standard InChI is InChI=1S/C17H22N6O/c1-11(2)15-21-16(14-10-20-23(4)17(14)22-15)19-8-12(3)24-13-6-5-7-18-9-13/h5-7,9-12H,8H2,1-4H3,(H,19,21,22). The van der Waals surface area contributed by atoms with E-state index < -0.39 is 0 Å². The van der Waals surface area contributed by atoms with Gasteiger partial charge in [-0.15, -0.1) is 0 Å². The Labute approximate surface area is 141 Å². The van der Waals surface area contributed by atoms with E-state index in [0.29, 0.717) is 6.54 Å². The van der Waals surface area contributed by atoms with E-state index in [1.807, 2.05) is 26.1 Å². The first-order chi connectivity index (χ1) is 11.5. The second-order valence-electron chi connectivity index (χ2n) is 6.09. The normalized spacial score (nSPS) is 12.5. The number of fused-ring (bicyclic) bond motifs is 1. The molecule has 0 aliphatic heterocycles. The van der Waals surface area contributed by atoms with Gasteiger partial charge >= 0.3 is 0 Å². The minimum absolute atomic E-state index is 0.0293. The maximum Gasteiger partial charge on any atom is 0.163 e. The van der Waals surface area contributed by atoms with Gasteiger partial charge in [0, 0.05) is 19.2 Å². The topological polar surface area (TPSA) is 77.8 Å². The van der Waals surface area contributed by atoms with Crippen molar-refractivity contribution >= 4 is 16.9 Å². The molecule has 3 aromatic heterocycles. The van der Waals surface area contributed by atoms with E-state index in [-0.39, 0.29) is 12.0 Å². The van der Waals surface area contributed by atoms with Crippen molar-refractivity contribution < 1.29 is 4.74 Å². The van der Waals surface area contributed by atoms with Crippen LogP contribution in [0.15, 0.2) is 30.7 Å². The number of ether oxygens (including phenoxy) is 1. The summed E-state index contributed by atoms with van der Waals surface area (Å²) < 4.78 is 7.61. The molecule has 0 fully saturated rings. The zero-order valence-electron chi connectivity index (χ0n) is 14.4. The number of nitrogens with zero attached hydrogens (tertiary/aromatic N) is 5. The van der Waals surface area contributed by atoms with Crippen LogP contribution in [0, 0.1) is 0 Å². The quantitative estimate of drug-likeness (QED) is 0.750. The van der Waals surface area contributed by atoms with Crippen LogP contribution >= 0.6 is 0 Å².